The van der Waals surface area contributed by atoms with Crippen molar-refractivity contribution in [3.8, 4) is 11.3 Å². The fourth-order valence-corrected chi connectivity index (χ4v) is 3.48. The van der Waals surface area contributed by atoms with Gasteiger partial charge in [-0.1, -0.05) is 41.9 Å². The molecule has 5 nitrogen and oxygen atoms in total. The fourth-order valence-electron chi connectivity index (χ4n) is 3.35. The monoisotopic (exact) mass is 433 g/mol. The normalized spacial score (nSPS) is 11.7. The summed E-state index contributed by atoms with van der Waals surface area (Å²) >= 11 is 5.96. The highest BCUT2D eigenvalue weighted by Crippen LogP contribution is 2.28. The molecule has 0 radical (unpaired) electrons. The van der Waals surface area contributed by atoms with E-state index in [1.165, 1.54) is 4.68 Å². The molecule has 0 atom stereocenters. The molecule has 0 aliphatic carbocycles. The second-order valence-electron chi connectivity index (χ2n) is 7.73. The van der Waals surface area contributed by atoms with Crippen molar-refractivity contribution in [1.82, 2.24) is 14.8 Å². The summed E-state index contributed by atoms with van der Waals surface area (Å²) in [5.41, 5.74) is 1.65. The van der Waals surface area contributed by atoms with Crippen LogP contribution in [0.15, 0.2) is 65.5 Å². The average Bonchev–Trinajstić information content (AvgIpc) is 2.77. The zero-order valence-electron chi connectivity index (χ0n) is 17.4. The maximum absolute atomic E-state index is 15.1. The molecule has 0 fully saturated rings. The highest BCUT2D eigenvalue weighted by atomic mass is 35.5. The van der Waals surface area contributed by atoms with Crippen molar-refractivity contribution in [3.63, 3.8) is 0 Å². The van der Waals surface area contributed by atoms with Gasteiger partial charge in [0.1, 0.15) is 21.4 Å². The molecule has 0 saturated carbocycles. The zero-order valence-corrected chi connectivity index (χ0v) is 18.2. The highest BCUT2D eigenvalue weighted by molar-refractivity contribution is 6.38. The van der Waals surface area contributed by atoms with Crippen molar-refractivity contribution in [2.24, 2.45) is 0 Å². The van der Waals surface area contributed by atoms with Crippen LogP contribution in [0.4, 0.5) is 4.39 Å². The minimum Gasteiger partial charge on any atom is -0.390 e. The van der Waals surface area contributed by atoms with Crippen molar-refractivity contribution in [2.75, 3.05) is 7.11 Å². The van der Waals surface area contributed by atoms with Crippen LogP contribution in [0.1, 0.15) is 11.3 Å². The van der Waals surface area contributed by atoms with Gasteiger partial charge in [-0.15, -0.1) is 0 Å². The van der Waals surface area contributed by atoms with Crippen LogP contribution in [0, 0.1) is 5.95 Å². The Bertz CT molecular complexity index is 1330. The SMILES string of the molecule is BC(B)(OC)c1ccc(-c2nn(Cc3ccc(Cl)cc3)c(=O)c3ccccc23)c(F)n1. The third-order valence-electron chi connectivity index (χ3n) is 5.34. The molecule has 0 saturated heterocycles. The van der Waals surface area contributed by atoms with Crippen molar-refractivity contribution >= 4 is 38.1 Å². The number of halogens is 2. The molecule has 0 unspecified atom stereocenters. The van der Waals surface area contributed by atoms with Crippen molar-refractivity contribution in [3.05, 3.63) is 93.2 Å². The average molecular weight is 433 g/mol. The first kappa shape index (κ1) is 21.3. The van der Waals surface area contributed by atoms with Crippen LogP contribution in [-0.2, 0) is 16.7 Å². The quantitative estimate of drug-likeness (QED) is 0.358. The van der Waals surface area contributed by atoms with Gasteiger partial charge in [0, 0.05) is 22.9 Å². The smallest absolute Gasteiger partial charge is 0.274 e. The van der Waals surface area contributed by atoms with E-state index in [2.05, 4.69) is 10.1 Å². The maximum atomic E-state index is 15.1. The van der Waals surface area contributed by atoms with E-state index in [0.29, 0.717) is 27.2 Å². The first-order valence-corrected chi connectivity index (χ1v) is 10.1. The Balaban J connectivity index is 1.89. The van der Waals surface area contributed by atoms with E-state index < -0.39 is 11.3 Å². The second kappa shape index (κ2) is 8.29. The zero-order chi connectivity index (χ0) is 22.2. The molecular formula is C22H19B2ClFN3O2. The Labute approximate surface area is 185 Å². The number of aromatic nitrogens is 3. The lowest BCUT2D eigenvalue weighted by Gasteiger charge is -2.23. The first-order chi connectivity index (χ1) is 14.8. The van der Waals surface area contributed by atoms with Gasteiger partial charge in [0.25, 0.3) is 5.56 Å². The molecule has 2 heterocycles. The number of ether oxygens (including phenoxy) is 1. The Morgan fingerprint density at radius 2 is 1.74 bits per heavy atom. The minimum absolute atomic E-state index is 0.219. The largest absolute Gasteiger partial charge is 0.390 e. The molecule has 0 N–H and O–H groups in total. The summed E-state index contributed by atoms with van der Waals surface area (Å²) in [6, 6.07) is 17.6. The van der Waals surface area contributed by atoms with Gasteiger partial charge in [-0.3, -0.25) is 4.79 Å². The molecule has 2 aromatic heterocycles. The number of hydrogen-bond acceptors (Lipinski definition) is 4. The van der Waals surface area contributed by atoms with Crippen molar-refractivity contribution in [2.45, 2.75) is 11.9 Å². The number of pyridine rings is 1. The van der Waals surface area contributed by atoms with Crippen LogP contribution in [0.25, 0.3) is 22.0 Å². The lowest BCUT2D eigenvalue weighted by Crippen LogP contribution is -2.30. The van der Waals surface area contributed by atoms with Crippen LogP contribution < -0.4 is 5.56 Å². The molecule has 0 amide bonds. The van der Waals surface area contributed by atoms with Crippen LogP contribution in [0.5, 0.6) is 0 Å². The van der Waals surface area contributed by atoms with Gasteiger partial charge in [0.2, 0.25) is 5.95 Å². The molecule has 0 aliphatic heterocycles. The van der Waals surface area contributed by atoms with Gasteiger partial charge >= 0.3 is 0 Å². The van der Waals surface area contributed by atoms with E-state index in [4.69, 9.17) is 16.3 Å². The number of benzene rings is 2. The molecule has 4 rings (SSSR count). The van der Waals surface area contributed by atoms with Crippen molar-refractivity contribution < 1.29 is 9.13 Å². The van der Waals surface area contributed by atoms with E-state index in [0.717, 1.165) is 5.56 Å². The van der Waals surface area contributed by atoms with E-state index in [-0.39, 0.29) is 17.7 Å². The minimum atomic E-state index is -0.734. The Morgan fingerprint density at radius 3 is 2.39 bits per heavy atom. The molecule has 154 valence electrons. The van der Waals surface area contributed by atoms with E-state index in [1.807, 2.05) is 27.8 Å². The molecule has 31 heavy (non-hydrogen) atoms. The van der Waals surface area contributed by atoms with Crippen LogP contribution in [-0.4, -0.2) is 37.6 Å². The van der Waals surface area contributed by atoms with E-state index >= 15 is 4.39 Å². The maximum Gasteiger partial charge on any atom is 0.274 e. The summed E-state index contributed by atoms with van der Waals surface area (Å²) in [6.45, 7) is 0.234. The van der Waals surface area contributed by atoms with Gasteiger partial charge in [0.05, 0.1) is 23.2 Å². The lowest BCUT2D eigenvalue weighted by molar-refractivity contribution is 0.128. The second-order valence-corrected chi connectivity index (χ2v) is 8.17. The first-order valence-electron chi connectivity index (χ1n) is 9.77. The van der Waals surface area contributed by atoms with Gasteiger partial charge in [-0.05, 0) is 35.9 Å². The predicted octanol–water partition coefficient (Wildman–Crippen LogP) is 2.32. The molecule has 4 aromatic rings. The molecule has 0 aliphatic rings. The molecule has 9 heteroatoms. The van der Waals surface area contributed by atoms with E-state index in [1.54, 1.807) is 55.6 Å². The van der Waals surface area contributed by atoms with Crippen LogP contribution >= 0.6 is 11.6 Å². The summed E-state index contributed by atoms with van der Waals surface area (Å²) in [5, 5.41) is 5.42. The van der Waals surface area contributed by atoms with Gasteiger partial charge < -0.3 is 4.74 Å². The van der Waals surface area contributed by atoms with Gasteiger partial charge in [-0.25, -0.2) is 9.67 Å². The summed E-state index contributed by atoms with van der Waals surface area (Å²) < 4.78 is 21.9. The number of rotatable bonds is 5. The Kier molecular flexibility index (Phi) is 5.69. The third kappa shape index (κ3) is 4.13. The Morgan fingerprint density at radius 1 is 1.06 bits per heavy atom. The number of methoxy groups -OCH3 is 1. The summed E-state index contributed by atoms with van der Waals surface area (Å²) in [6.07, 6.45) is 0. The summed E-state index contributed by atoms with van der Waals surface area (Å²) in [7, 11) is 5.18. The summed E-state index contributed by atoms with van der Waals surface area (Å²) in [4.78, 5) is 17.2. The van der Waals surface area contributed by atoms with Crippen LogP contribution in [0.3, 0.4) is 0 Å². The third-order valence-corrected chi connectivity index (χ3v) is 5.60. The molecule has 2 aromatic carbocycles. The van der Waals surface area contributed by atoms with Gasteiger partial charge in [0.15, 0.2) is 0 Å². The standard InChI is InChI=1S/C22H19B2ClFN3O2/c1-31-22(23,24)18-11-10-17(20(26)27-18)19-15-4-2-3-5-16(15)21(30)29(28-19)12-13-6-8-14(25)9-7-13/h2-11H,12,23-24H2,1H3. The number of fused-ring (bicyclic) bond motifs is 1. The molecular weight excluding hydrogens is 414 g/mol. The molecule has 0 bridgehead atoms. The van der Waals surface area contributed by atoms with E-state index in [9.17, 15) is 4.79 Å². The number of hydrogen-bond donors (Lipinski definition) is 0. The van der Waals surface area contributed by atoms with Crippen molar-refractivity contribution in [1.29, 1.82) is 0 Å². The fraction of sp³-hybridized carbons (Fsp3) is 0.136. The van der Waals surface area contributed by atoms with Crippen LogP contribution in [0.2, 0.25) is 5.02 Å². The predicted molar refractivity (Wildman–Crippen MR) is 126 cm³/mol. The lowest BCUT2D eigenvalue weighted by atomic mass is 9.63. The van der Waals surface area contributed by atoms with Gasteiger partial charge in [-0.2, -0.15) is 9.49 Å². The number of nitrogens with zero attached hydrogens (tertiary/aromatic N) is 3. The summed E-state index contributed by atoms with van der Waals surface area (Å²) in [5.74, 6) is -0.669. The molecule has 0 spiro atoms. The highest BCUT2D eigenvalue weighted by Gasteiger charge is 2.24. The Hall–Kier alpha value is -2.96. The topological polar surface area (TPSA) is 57.0 Å².